The van der Waals surface area contributed by atoms with Crippen molar-refractivity contribution in [2.24, 2.45) is 0 Å². The lowest BCUT2D eigenvalue weighted by Gasteiger charge is -2.13. The van der Waals surface area contributed by atoms with Gasteiger partial charge in [0.1, 0.15) is 0 Å². The number of rotatable bonds is 18. The van der Waals surface area contributed by atoms with Crippen molar-refractivity contribution in [3.05, 3.63) is 0 Å². The summed E-state index contributed by atoms with van der Waals surface area (Å²) in [5.41, 5.74) is 0. The van der Waals surface area contributed by atoms with Crippen LogP contribution in [0.4, 0.5) is 0 Å². The van der Waals surface area contributed by atoms with E-state index < -0.39 is 15.4 Å². The summed E-state index contributed by atoms with van der Waals surface area (Å²) in [5.74, 6) is 0. The van der Waals surface area contributed by atoms with E-state index >= 15 is 0 Å². The van der Waals surface area contributed by atoms with Crippen molar-refractivity contribution >= 4 is 10.1 Å². The molecule has 0 radical (unpaired) electrons. The van der Waals surface area contributed by atoms with E-state index in [-0.39, 0.29) is 6.61 Å². The van der Waals surface area contributed by atoms with Gasteiger partial charge in [0.05, 0.1) is 5.25 Å². The summed E-state index contributed by atoms with van der Waals surface area (Å²) < 4.78 is 32.1. The molecule has 0 heterocycles. The zero-order valence-electron chi connectivity index (χ0n) is 15.7. The van der Waals surface area contributed by atoms with Crippen LogP contribution in [0.2, 0.25) is 0 Å². The van der Waals surface area contributed by atoms with E-state index in [9.17, 15) is 13.0 Å². The number of unbranched alkanes of at least 4 members (excludes halogenated alkanes) is 12. The number of hydrogen-bond acceptors (Lipinski definition) is 3. The lowest BCUT2D eigenvalue weighted by molar-refractivity contribution is 0.282. The molecule has 0 aliphatic carbocycles. The molecule has 0 saturated carbocycles. The highest BCUT2D eigenvalue weighted by Gasteiger charge is 2.21. The second-order valence-corrected chi connectivity index (χ2v) is 8.73. The van der Waals surface area contributed by atoms with Gasteiger partial charge in [0, 0.05) is 6.61 Å². The monoisotopic (exact) mass is 364 g/mol. The van der Waals surface area contributed by atoms with Crippen LogP contribution < -0.4 is 0 Å². The van der Waals surface area contributed by atoms with Crippen molar-refractivity contribution in [1.29, 1.82) is 0 Å². The largest absolute Gasteiger partial charge is 0.396 e. The first-order valence-corrected chi connectivity index (χ1v) is 11.6. The molecule has 0 aliphatic rings. The first-order valence-electron chi connectivity index (χ1n) is 10.1. The summed E-state index contributed by atoms with van der Waals surface area (Å²) in [6.07, 6.45) is 17.0. The van der Waals surface area contributed by atoms with E-state index in [1.807, 2.05) is 0 Å². The maximum atomic E-state index is 11.4. The normalized spacial score (nSPS) is 13.3. The summed E-state index contributed by atoms with van der Waals surface area (Å²) in [6, 6.07) is 0. The maximum absolute atomic E-state index is 11.4. The van der Waals surface area contributed by atoms with E-state index in [1.165, 1.54) is 51.4 Å². The van der Waals surface area contributed by atoms with Crippen LogP contribution in [0.1, 0.15) is 110 Å². The van der Waals surface area contributed by atoms with Gasteiger partial charge in [-0.2, -0.15) is 8.42 Å². The Balaban J connectivity index is 3.59. The Kier molecular flexibility index (Phi) is 16.3. The van der Waals surface area contributed by atoms with Crippen LogP contribution in [-0.2, 0) is 10.1 Å². The van der Waals surface area contributed by atoms with Crippen LogP contribution in [0, 0.1) is 0 Å². The van der Waals surface area contributed by atoms with Crippen molar-refractivity contribution in [1.82, 2.24) is 0 Å². The standard InChI is InChI=1S/C19H40O4S/c1-2-3-4-5-6-7-8-9-10-11-13-16-19(24(21,22)23)17-14-12-15-18-20/h19-20H,2-18H2,1H3,(H,21,22,23). The van der Waals surface area contributed by atoms with Crippen molar-refractivity contribution in [3.8, 4) is 0 Å². The SMILES string of the molecule is CCCCCCCCCCCCCC(CCCCCO)S(=O)(=O)O. The molecule has 0 fully saturated rings. The quantitative estimate of drug-likeness (QED) is 0.249. The van der Waals surface area contributed by atoms with Crippen LogP contribution in [-0.4, -0.2) is 29.9 Å². The fourth-order valence-electron chi connectivity index (χ4n) is 3.14. The summed E-state index contributed by atoms with van der Waals surface area (Å²) >= 11 is 0. The van der Waals surface area contributed by atoms with Crippen LogP contribution in [0.15, 0.2) is 0 Å². The van der Waals surface area contributed by atoms with E-state index in [0.29, 0.717) is 19.3 Å². The minimum atomic E-state index is -3.93. The molecule has 24 heavy (non-hydrogen) atoms. The third-order valence-corrected chi connectivity index (χ3v) is 6.05. The Morgan fingerprint density at radius 1 is 0.667 bits per heavy atom. The predicted molar refractivity (Wildman–Crippen MR) is 102 cm³/mol. The number of aliphatic hydroxyl groups is 1. The molecule has 0 amide bonds. The third-order valence-electron chi connectivity index (χ3n) is 4.74. The zero-order chi connectivity index (χ0) is 18.1. The van der Waals surface area contributed by atoms with Crippen molar-refractivity contribution in [2.75, 3.05) is 6.61 Å². The first-order chi connectivity index (χ1) is 11.5. The molecular weight excluding hydrogens is 324 g/mol. The predicted octanol–water partition coefficient (Wildman–Crippen LogP) is 5.50. The Labute approximate surface area is 150 Å². The van der Waals surface area contributed by atoms with Gasteiger partial charge in [-0.1, -0.05) is 90.4 Å². The molecule has 0 rings (SSSR count). The lowest BCUT2D eigenvalue weighted by Crippen LogP contribution is -2.20. The average Bonchev–Trinajstić information content (AvgIpc) is 2.53. The smallest absolute Gasteiger partial charge is 0.267 e. The minimum Gasteiger partial charge on any atom is -0.396 e. The highest BCUT2D eigenvalue weighted by Crippen LogP contribution is 2.18. The van der Waals surface area contributed by atoms with Gasteiger partial charge in [-0.3, -0.25) is 4.55 Å². The molecule has 4 nitrogen and oxygen atoms in total. The Morgan fingerprint density at radius 3 is 1.42 bits per heavy atom. The summed E-state index contributed by atoms with van der Waals surface area (Å²) in [7, 11) is -3.93. The highest BCUT2D eigenvalue weighted by molar-refractivity contribution is 7.86. The van der Waals surface area contributed by atoms with Gasteiger partial charge in [0.15, 0.2) is 0 Å². The molecule has 0 aliphatic heterocycles. The highest BCUT2D eigenvalue weighted by atomic mass is 32.2. The molecule has 146 valence electrons. The average molecular weight is 365 g/mol. The van der Waals surface area contributed by atoms with Crippen LogP contribution in [0.3, 0.4) is 0 Å². The summed E-state index contributed by atoms with van der Waals surface area (Å²) in [4.78, 5) is 0. The van der Waals surface area contributed by atoms with Crippen molar-refractivity contribution < 1.29 is 18.1 Å². The molecule has 5 heteroatoms. The van der Waals surface area contributed by atoms with Gasteiger partial charge >= 0.3 is 0 Å². The maximum Gasteiger partial charge on any atom is 0.267 e. The fourth-order valence-corrected chi connectivity index (χ4v) is 4.07. The molecule has 1 unspecified atom stereocenters. The van der Waals surface area contributed by atoms with E-state index in [2.05, 4.69) is 6.92 Å². The van der Waals surface area contributed by atoms with E-state index in [4.69, 9.17) is 5.11 Å². The molecule has 0 saturated heterocycles. The molecule has 1 atom stereocenters. The van der Waals surface area contributed by atoms with Crippen molar-refractivity contribution in [2.45, 2.75) is 115 Å². The second-order valence-electron chi connectivity index (χ2n) is 7.03. The molecule has 0 bridgehead atoms. The van der Waals surface area contributed by atoms with Crippen LogP contribution >= 0.6 is 0 Å². The molecule has 0 aromatic carbocycles. The van der Waals surface area contributed by atoms with Crippen molar-refractivity contribution in [3.63, 3.8) is 0 Å². The Hall–Kier alpha value is -0.130. The van der Waals surface area contributed by atoms with Crippen LogP contribution in [0.5, 0.6) is 0 Å². The Morgan fingerprint density at radius 2 is 1.04 bits per heavy atom. The summed E-state index contributed by atoms with van der Waals surface area (Å²) in [5, 5.41) is 8.12. The van der Waals surface area contributed by atoms with Gasteiger partial charge in [0.25, 0.3) is 10.1 Å². The molecule has 0 aromatic heterocycles. The van der Waals surface area contributed by atoms with Gasteiger partial charge in [-0.05, 0) is 19.3 Å². The minimum absolute atomic E-state index is 0.148. The van der Waals surface area contributed by atoms with Gasteiger partial charge in [0.2, 0.25) is 0 Å². The van der Waals surface area contributed by atoms with E-state index in [1.54, 1.807) is 0 Å². The number of hydrogen-bond donors (Lipinski definition) is 2. The third kappa shape index (κ3) is 15.4. The molecular formula is C19H40O4S. The number of aliphatic hydroxyl groups excluding tert-OH is 1. The second kappa shape index (κ2) is 16.3. The molecule has 2 N–H and O–H groups in total. The van der Waals surface area contributed by atoms with E-state index in [0.717, 1.165) is 32.1 Å². The Bertz CT molecular complexity index is 354. The first kappa shape index (κ1) is 23.9. The van der Waals surface area contributed by atoms with Gasteiger partial charge in [-0.25, -0.2) is 0 Å². The van der Waals surface area contributed by atoms with Gasteiger partial charge < -0.3 is 5.11 Å². The summed E-state index contributed by atoms with van der Waals surface area (Å²) in [6.45, 7) is 2.39. The van der Waals surface area contributed by atoms with Crippen LogP contribution in [0.25, 0.3) is 0 Å². The fraction of sp³-hybridized carbons (Fsp3) is 1.00. The lowest BCUT2D eigenvalue weighted by atomic mass is 10.0. The topological polar surface area (TPSA) is 74.6 Å². The zero-order valence-corrected chi connectivity index (χ0v) is 16.5. The molecule has 0 spiro atoms. The van der Waals surface area contributed by atoms with Gasteiger partial charge in [-0.15, -0.1) is 0 Å². The molecule has 0 aromatic rings.